The van der Waals surface area contributed by atoms with Gasteiger partial charge in [-0.1, -0.05) is 20.8 Å². The number of nitrogens with zero attached hydrogens (tertiary/aromatic N) is 4. The average molecular weight is 475 g/mol. The van der Waals surface area contributed by atoms with Gasteiger partial charge in [0.15, 0.2) is 5.96 Å². The predicted molar refractivity (Wildman–Crippen MR) is 118 cm³/mol. The van der Waals surface area contributed by atoms with Crippen molar-refractivity contribution < 1.29 is 0 Å². The lowest BCUT2D eigenvalue weighted by molar-refractivity contribution is 0.462. The molecule has 0 aliphatic rings. The Morgan fingerprint density at radius 1 is 1.40 bits per heavy atom. The Kier molecular flexibility index (Phi) is 8.40. The number of hydrogen-bond donors (Lipinski definition) is 1. The molecule has 1 N–H and O–H groups in total. The molecule has 0 aliphatic carbocycles. The third-order valence-corrected chi connectivity index (χ3v) is 4.87. The summed E-state index contributed by atoms with van der Waals surface area (Å²) in [5, 5.41) is 6.78. The second-order valence-electron chi connectivity index (χ2n) is 7.07. The molecule has 2 heterocycles. The minimum Gasteiger partial charge on any atom is -0.356 e. The summed E-state index contributed by atoms with van der Waals surface area (Å²) < 4.78 is 2.13. The number of rotatable bonds is 5. The Morgan fingerprint density at radius 3 is 2.64 bits per heavy atom. The maximum absolute atomic E-state index is 4.74. The number of hydrogen-bond acceptors (Lipinski definition) is 3. The highest BCUT2D eigenvalue weighted by molar-refractivity contribution is 14.0. The van der Waals surface area contributed by atoms with Gasteiger partial charge < -0.3 is 14.8 Å². The van der Waals surface area contributed by atoms with Crippen LogP contribution in [0.2, 0.25) is 0 Å². The zero-order chi connectivity index (χ0) is 17.7. The molecule has 0 atom stereocenters. The lowest BCUT2D eigenvalue weighted by Crippen LogP contribution is -2.39. The van der Waals surface area contributed by atoms with Crippen LogP contribution in [0, 0.1) is 0 Å². The number of nitrogens with one attached hydrogen (secondary N) is 1. The van der Waals surface area contributed by atoms with E-state index >= 15 is 0 Å². The predicted octanol–water partition coefficient (Wildman–Crippen LogP) is 3.65. The molecular weight excluding hydrogens is 445 g/mol. The van der Waals surface area contributed by atoms with E-state index < -0.39 is 0 Å². The first-order valence-corrected chi connectivity index (χ1v) is 9.16. The largest absolute Gasteiger partial charge is 0.356 e. The molecular formula is C18H30IN5S. The van der Waals surface area contributed by atoms with Crippen molar-refractivity contribution in [2.24, 2.45) is 12.0 Å². The molecule has 25 heavy (non-hydrogen) atoms. The van der Waals surface area contributed by atoms with Crippen LogP contribution in [0.1, 0.15) is 37.2 Å². The molecule has 0 saturated carbocycles. The van der Waals surface area contributed by atoms with Gasteiger partial charge >= 0.3 is 0 Å². The molecule has 140 valence electrons. The minimum atomic E-state index is 0. The van der Waals surface area contributed by atoms with E-state index in [-0.39, 0.29) is 29.4 Å². The van der Waals surface area contributed by atoms with Crippen LogP contribution in [0.5, 0.6) is 0 Å². The zero-order valence-corrected chi connectivity index (χ0v) is 19.2. The highest BCUT2D eigenvalue weighted by Gasteiger charge is 2.17. The molecule has 5 nitrogen and oxygen atoms in total. The van der Waals surface area contributed by atoms with Crippen molar-refractivity contribution in [1.29, 1.82) is 0 Å². The van der Waals surface area contributed by atoms with E-state index in [0.29, 0.717) is 0 Å². The van der Waals surface area contributed by atoms with Crippen molar-refractivity contribution >= 4 is 41.3 Å². The number of guanidine groups is 1. The fourth-order valence-electron chi connectivity index (χ4n) is 2.41. The molecule has 0 radical (unpaired) electrons. The van der Waals surface area contributed by atoms with Gasteiger partial charge in [0.05, 0.1) is 17.2 Å². The second-order valence-corrected chi connectivity index (χ2v) is 8.01. The Hall–Kier alpha value is -1.09. The van der Waals surface area contributed by atoms with Crippen LogP contribution in [-0.2, 0) is 25.4 Å². The lowest BCUT2D eigenvalue weighted by Gasteiger charge is -2.22. The summed E-state index contributed by atoms with van der Waals surface area (Å²) in [6, 6.07) is 4.20. The molecule has 2 aromatic rings. The number of halogens is 1. The highest BCUT2D eigenvalue weighted by atomic mass is 127. The molecule has 2 aromatic heterocycles. The molecule has 0 aliphatic heterocycles. The van der Waals surface area contributed by atoms with Crippen LogP contribution in [-0.4, -0.2) is 41.1 Å². The summed E-state index contributed by atoms with van der Waals surface area (Å²) in [5.41, 5.74) is 2.55. The first-order valence-electron chi connectivity index (χ1n) is 8.28. The number of thiazole rings is 1. The molecule has 0 fully saturated rings. The van der Waals surface area contributed by atoms with E-state index in [0.717, 1.165) is 25.5 Å². The van der Waals surface area contributed by atoms with Gasteiger partial charge in [0, 0.05) is 56.8 Å². The van der Waals surface area contributed by atoms with Crippen LogP contribution in [0.4, 0.5) is 0 Å². The van der Waals surface area contributed by atoms with Gasteiger partial charge in [0.1, 0.15) is 0 Å². The number of aromatic nitrogens is 2. The summed E-state index contributed by atoms with van der Waals surface area (Å²) >= 11 is 1.74. The second kappa shape index (κ2) is 9.56. The fraction of sp³-hybridized carbons (Fsp3) is 0.556. The summed E-state index contributed by atoms with van der Waals surface area (Å²) in [6.07, 6.45) is 2.98. The molecule has 0 aromatic carbocycles. The Labute approximate surface area is 172 Å². The molecule has 2 rings (SSSR count). The smallest absolute Gasteiger partial charge is 0.193 e. The maximum Gasteiger partial charge on any atom is 0.193 e. The first-order chi connectivity index (χ1) is 11.3. The molecule has 0 unspecified atom stereocenters. The molecule has 0 spiro atoms. The lowest BCUT2D eigenvalue weighted by atomic mass is 9.93. The van der Waals surface area contributed by atoms with Crippen molar-refractivity contribution in [3.8, 4) is 0 Å². The van der Waals surface area contributed by atoms with Gasteiger partial charge in [-0.25, -0.2) is 4.98 Å². The van der Waals surface area contributed by atoms with Gasteiger partial charge in [-0.15, -0.1) is 35.3 Å². The topological polar surface area (TPSA) is 45.5 Å². The summed E-state index contributed by atoms with van der Waals surface area (Å²) in [6.45, 7) is 8.26. The van der Waals surface area contributed by atoms with E-state index in [1.165, 1.54) is 16.4 Å². The quantitative estimate of drug-likeness (QED) is 0.408. The average Bonchev–Trinajstić information content (AvgIpc) is 3.13. The monoisotopic (exact) mass is 475 g/mol. The van der Waals surface area contributed by atoms with Crippen LogP contribution in [0.3, 0.4) is 0 Å². The van der Waals surface area contributed by atoms with Gasteiger partial charge in [-0.05, 0) is 12.1 Å². The number of aliphatic imine (C=N–C) groups is 1. The van der Waals surface area contributed by atoms with E-state index in [9.17, 15) is 0 Å². The normalized spacial score (nSPS) is 12.0. The molecule has 0 bridgehead atoms. The van der Waals surface area contributed by atoms with Crippen LogP contribution in [0.25, 0.3) is 0 Å². The first kappa shape index (κ1) is 22.0. The van der Waals surface area contributed by atoms with Gasteiger partial charge in [0.2, 0.25) is 0 Å². The fourth-order valence-corrected chi connectivity index (χ4v) is 3.44. The van der Waals surface area contributed by atoms with Crippen molar-refractivity contribution in [2.45, 2.75) is 39.2 Å². The van der Waals surface area contributed by atoms with E-state index in [1.807, 2.05) is 7.05 Å². The van der Waals surface area contributed by atoms with Crippen molar-refractivity contribution in [2.75, 3.05) is 20.6 Å². The van der Waals surface area contributed by atoms with Crippen molar-refractivity contribution in [3.05, 3.63) is 40.1 Å². The third kappa shape index (κ3) is 6.29. The van der Waals surface area contributed by atoms with Crippen LogP contribution in [0.15, 0.2) is 28.7 Å². The zero-order valence-electron chi connectivity index (χ0n) is 16.0. The summed E-state index contributed by atoms with van der Waals surface area (Å²) in [7, 11) is 5.95. The standard InChI is InChI=1S/C18H29N5S.HI/c1-18(2,3)15-13-24-16(21-15)9-10-20-17(19-4)23(6)12-14-8-7-11-22(14)5;/h7-8,11,13H,9-10,12H2,1-6H3,(H,19,20);1H. The van der Waals surface area contributed by atoms with Crippen molar-refractivity contribution in [3.63, 3.8) is 0 Å². The molecule has 0 saturated heterocycles. The van der Waals surface area contributed by atoms with E-state index in [1.54, 1.807) is 11.3 Å². The minimum absolute atomic E-state index is 0. The maximum atomic E-state index is 4.74. The van der Waals surface area contributed by atoms with Crippen LogP contribution >= 0.6 is 35.3 Å². The van der Waals surface area contributed by atoms with Gasteiger partial charge in [-0.3, -0.25) is 4.99 Å². The SMILES string of the molecule is CN=C(NCCc1nc(C(C)(C)C)cs1)N(C)Cc1cccn1C.I. The van der Waals surface area contributed by atoms with Crippen LogP contribution < -0.4 is 5.32 Å². The summed E-state index contributed by atoms with van der Waals surface area (Å²) in [5.74, 6) is 0.906. The Balaban J connectivity index is 0.00000312. The number of aryl methyl sites for hydroxylation is 1. The van der Waals surface area contributed by atoms with E-state index in [2.05, 4.69) is 78.4 Å². The summed E-state index contributed by atoms with van der Waals surface area (Å²) in [4.78, 5) is 11.3. The molecule has 0 amide bonds. The van der Waals surface area contributed by atoms with Gasteiger partial charge in [-0.2, -0.15) is 0 Å². The van der Waals surface area contributed by atoms with Gasteiger partial charge in [0.25, 0.3) is 0 Å². The highest BCUT2D eigenvalue weighted by Crippen LogP contribution is 2.23. The Morgan fingerprint density at radius 2 is 2.12 bits per heavy atom. The Bertz CT molecular complexity index is 684. The molecule has 7 heteroatoms. The third-order valence-electron chi connectivity index (χ3n) is 3.97. The van der Waals surface area contributed by atoms with Crippen molar-refractivity contribution in [1.82, 2.24) is 19.8 Å². The van der Waals surface area contributed by atoms with E-state index in [4.69, 9.17) is 4.98 Å².